The number of carbonyl (C=O) groups is 1. The first-order valence-corrected chi connectivity index (χ1v) is 8.54. The number of hydrogen-bond acceptors (Lipinski definition) is 3. The smallest absolute Gasteiger partial charge is 0.270 e. The number of nitrogens with two attached hydrogens (primary N) is 1. The second-order valence-corrected chi connectivity index (χ2v) is 7.90. The van der Waals surface area contributed by atoms with E-state index in [0.29, 0.717) is 17.5 Å². The van der Waals surface area contributed by atoms with Crippen molar-refractivity contribution in [2.75, 3.05) is 0 Å². The van der Waals surface area contributed by atoms with Crippen LogP contribution in [0.4, 0.5) is 0 Å². The molecule has 5 atom stereocenters. The van der Waals surface area contributed by atoms with E-state index in [0.717, 1.165) is 37.3 Å². The minimum Gasteiger partial charge on any atom is -0.348 e. The monoisotopic (exact) mass is 299 g/mol. The molecule has 4 rings (SSSR count). The number of fused-ring (bicyclic) bond motifs is 2. The number of nitrogens with one attached hydrogen (secondary N) is 1. The first kappa shape index (κ1) is 14.2. The summed E-state index contributed by atoms with van der Waals surface area (Å²) < 4.78 is 0. The van der Waals surface area contributed by atoms with Gasteiger partial charge in [0.25, 0.3) is 5.91 Å². The molecule has 3 aliphatic carbocycles. The summed E-state index contributed by atoms with van der Waals surface area (Å²) in [6.07, 6.45) is 7.01. The maximum atomic E-state index is 12.5. The maximum Gasteiger partial charge on any atom is 0.270 e. The molecule has 4 heteroatoms. The van der Waals surface area contributed by atoms with Gasteiger partial charge in [-0.2, -0.15) is 0 Å². The summed E-state index contributed by atoms with van der Waals surface area (Å²) in [5, 5.41) is 3.24. The van der Waals surface area contributed by atoms with Gasteiger partial charge >= 0.3 is 0 Å². The fourth-order valence-corrected chi connectivity index (χ4v) is 5.36. The molecule has 1 aromatic heterocycles. The Hall–Kier alpha value is -1.42. The Morgan fingerprint density at radius 1 is 1.23 bits per heavy atom. The molecule has 3 saturated carbocycles. The Labute approximate surface area is 131 Å². The minimum absolute atomic E-state index is 0.0246. The summed E-state index contributed by atoms with van der Waals surface area (Å²) >= 11 is 0. The lowest BCUT2D eigenvalue weighted by molar-refractivity contribution is 0.0917. The molecule has 3 N–H and O–H groups in total. The van der Waals surface area contributed by atoms with Crippen molar-refractivity contribution in [1.29, 1.82) is 0 Å². The van der Waals surface area contributed by atoms with E-state index in [1.54, 1.807) is 6.07 Å². The van der Waals surface area contributed by atoms with Gasteiger partial charge in [-0.05, 0) is 75.3 Å². The summed E-state index contributed by atoms with van der Waals surface area (Å²) in [5.41, 5.74) is 8.07. The fourth-order valence-electron chi connectivity index (χ4n) is 5.36. The second kappa shape index (κ2) is 5.05. The van der Waals surface area contributed by atoms with E-state index in [2.05, 4.69) is 10.3 Å². The van der Waals surface area contributed by atoms with E-state index in [-0.39, 0.29) is 17.5 Å². The third kappa shape index (κ3) is 2.54. The quantitative estimate of drug-likeness (QED) is 0.881. The Morgan fingerprint density at radius 2 is 2.00 bits per heavy atom. The highest BCUT2D eigenvalue weighted by molar-refractivity contribution is 5.92. The van der Waals surface area contributed by atoms with Gasteiger partial charge in [0, 0.05) is 17.3 Å². The maximum absolute atomic E-state index is 12.5. The van der Waals surface area contributed by atoms with Crippen molar-refractivity contribution in [2.24, 2.45) is 23.5 Å². The van der Waals surface area contributed by atoms with Gasteiger partial charge in [-0.1, -0.05) is 6.07 Å². The van der Waals surface area contributed by atoms with Gasteiger partial charge in [0.1, 0.15) is 5.69 Å². The first-order valence-electron chi connectivity index (χ1n) is 8.54. The first-order chi connectivity index (χ1) is 10.5. The van der Waals surface area contributed by atoms with Crippen LogP contribution in [0.15, 0.2) is 18.2 Å². The molecule has 3 bridgehead atoms. The molecule has 0 spiro atoms. The van der Waals surface area contributed by atoms with E-state index in [9.17, 15) is 4.79 Å². The highest BCUT2D eigenvalue weighted by Crippen LogP contribution is 2.54. The molecule has 0 aromatic carbocycles. The van der Waals surface area contributed by atoms with Crippen molar-refractivity contribution in [3.8, 4) is 0 Å². The number of hydrogen-bond donors (Lipinski definition) is 2. The summed E-state index contributed by atoms with van der Waals surface area (Å²) in [5.74, 6) is 2.16. The Balaban J connectivity index is 1.47. The molecule has 4 nitrogen and oxygen atoms in total. The predicted molar refractivity (Wildman–Crippen MR) is 85.3 cm³/mol. The normalized spacial score (nSPS) is 39.5. The Morgan fingerprint density at radius 3 is 2.77 bits per heavy atom. The molecule has 0 aliphatic heterocycles. The number of nitrogens with zero attached hydrogens (tertiary/aromatic N) is 1. The van der Waals surface area contributed by atoms with Crippen LogP contribution in [0.2, 0.25) is 0 Å². The predicted octanol–water partition coefficient (Wildman–Crippen LogP) is 2.42. The molecule has 1 heterocycles. The van der Waals surface area contributed by atoms with Crippen molar-refractivity contribution < 1.29 is 4.79 Å². The van der Waals surface area contributed by atoms with Crippen molar-refractivity contribution >= 4 is 5.91 Å². The molecular formula is C18H25N3O. The minimum atomic E-state index is -0.0246. The van der Waals surface area contributed by atoms with Gasteiger partial charge in [-0.15, -0.1) is 0 Å². The van der Waals surface area contributed by atoms with E-state index in [1.165, 1.54) is 12.8 Å². The highest BCUT2D eigenvalue weighted by atomic mass is 16.1. The van der Waals surface area contributed by atoms with Gasteiger partial charge in [0.05, 0.1) is 0 Å². The number of aryl methyl sites for hydroxylation is 1. The molecule has 3 aliphatic rings. The van der Waals surface area contributed by atoms with Gasteiger partial charge < -0.3 is 11.1 Å². The lowest BCUT2D eigenvalue weighted by atomic mass is 9.75. The second-order valence-electron chi connectivity index (χ2n) is 7.90. The van der Waals surface area contributed by atoms with Crippen LogP contribution in [0, 0.1) is 24.7 Å². The molecule has 118 valence electrons. The summed E-state index contributed by atoms with van der Waals surface area (Å²) in [7, 11) is 0. The van der Waals surface area contributed by atoms with Crippen molar-refractivity contribution in [2.45, 2.75) is 57.0 Å². The third-order valence-corrected chi connectivity index (χ3v) is 6.00. The van der Waals surface area contributed by atoms with E-state index >= 15 is 0 Å². The molecule has 0 radical (unpaired) electrons. The SMILES string of the molecule is Cc1cccc(C(=O)NC2CC3CC4CC(N)(C3)CC4C2)n1. The average Bonchev–Trinajstić information content (AvgIpc) is 2.59. The molecule has 3 fully saturated rings. The Kier molecular flexibility index (Phi) is 3.26. The third-order valence-electron chi connectivity index (χ3n) is 6.00. The standard InChI is InChI=1S/C18H25N3O/c1-11-3-2-4-16(20-11)17(22)21-15-6-12-5-13-9-18(19,8-12)10-14(13)7-15/h2-4,12-15H,5-10,19H2,1H3,(H,21,22). The van der Waals surface area contributed by atoms with Crippen LogP contribution < -0.4 is 11.1 Å². The topological polar surface area (TPSA) is 68.0 Å². The number of aromatic nitrogens is 1. The molecule has 5 unspecified atom stereocenters. The van der Waals surface area contributed by atoms with Gasteiger partial charge in [0.15, 0.2) is 0 Å². The van der Waals surface area contributed by atoms with Crippen molar-refractivity contribution in [3.63, 3.8) is 0 Å². The van der Waals surface area contributed by atoms with E-state index < -0.39 is 0 Å². The van der Waals surface area contributed by atoms with Crippen LogP contribution in [0.3, 0.4) is 0 Å². The van der Waals surface area contributed by atoms with E-state index in [1.807, 2.05) is 19.1 Å². The van der Waals surface area contributed by atoms with Crippen LogP contribution in [-0.4, -0.2) is 22.5 Å². The number of carbonyl (C=O) groups excluding carboxylic acids is 1. The molecule has 1 amide bonds. The van der Waals surface area contributed by atoms with Crippen LogP contribution in [0.1, 0.15) is 54.7 Å². The zero-order chi connectivity index (χ0) is 15.3. The van der Waals surface area contributed by atoms with Crippen molar-refractivity contribution in [3.05, 3.63) is 29.6 Å². The van der Waals surface area contributed by atoms with Crippen LogP contribution in [-0.2, 0) is 0 Å². The van der Waals surface area contributed by atoms with Gasteiger partial charge in [-0.3, -0.25) is 4.79 Å². The zero-order valence-electron chi connectivity index (χ0n) is 13.2. The zero-order valence-corrected chi connectivity index (χ0v) is 13.2. The largest absolute Gasteiger partial charge is 0.348 e. The fraction of sp³-hybridized carbons (Fsp3) is 0.667. The van der Waals surface area contributed by atoms with E-state index in [4.69, 9.17) is 5.73 Å². The molecule has 1 aromatic rings. The number of amides is 1. The lowest BCUT2D eigenvalue weighted by Gasteiger charge is -2.36. The van der Waals surface area contributed by atoms with Crippen LogP contribution in [0.25, 0.3) is 0 Å². The van der Waals surface area contributed by atoms with Gasteiger partial charge in [-0.25, -0.2) is 4.98 Å². The van der Waals surface area contributed by atoms with Gasteiger partial charge in [0.2, 0.25) is 0 Å². The number of rotatable bonds is 2. The molecule has 22 heavy (non-hydrogen) atoms. The summed E-state index contributed by atoms with van der Waals surface area (Å²) in [6, 6.07) is 5.90. The lowest BCUT2D eigenvalue weighted by Crippen LogP contribution is -2.44. The highest BCUT2D eigenvalue weighted by Gasteiger charge is 2.51. The summed E-state index contributed by atoms with van der Waals surface area (Å²) in [6.45, 7) is 1.92. The Bertz CT molecular complexity index is 598. The van der Waals surface area contributed by atoms with Crippen LogP contribution >= 0.6 is 0 Å². The average molecular weight is 299 g/mol. The van der Waals surface area contributed by atoms with Crippen molar-refractivity contribution in [1.82, 2.24) is 10.3 Å². The van der Waals surface area contributed by atoms with Crippen LogP contribution in [0.5, 0.6) is 0 Å². The summed E-state index contributed by atoms with van der Waals surface area (Å²) in [4.78, 5) is 16.8. The number of pyridine rings is 1. The molecular weight excluding hydrogens is 274 g/mol. The molecule has 0 saturated heterocycles.